The number of carbonyl (C=O) groups is 1. The van der Waals surface area contributed by atoms with E-state index in [1.165, 1.54) is 108 Å². The van der Waals surface area contributed by atoms with Gasteiger partial charge in [0.05, 0.1) is 6.42 Å². The summed E-state index contributed by atoms with van der Waals surface area (Å²) in [5.74, 6) is 0.398. The standard InChI is InChI=1S/C26H44O2S/c1-2-3-4-5-6-7-8-9-10-11-12-13-14-15-16-17-22-29-25-20-18-24(19-21-25)23-26(27)28/h18-21H,2-17,22-23H2,1H3,(H,27,28). The van der Waals surface area contributed by atoms with Gasteiger partial charge in [0.2, 0.25) is 0 Å². The summed E-state index contributed by atoms with van der Waals surface area (Å²) in [7, 11) is 0. The third kappa shape index (κ3) is 16.5. The number of aliphatic carboxylic acids is 1. The van der Waals surface area contributed by atoms with Crippen molar-refractivity contribution in [1.82, 2.24) is 0 Å². The first kappa shape index (κ1) is 26.1. The summed E-state index contributed by atoms with van der Waals surface area (Å²) < 4.78 is 0. The van der Waals surface area contributed by atoms with Gasteiger partial charge in [-0.2, -0.15) is 0 Å². The molecule has 0 unspecified atom stereocenters. The van der Waals surface area contributed by atoms with E-state index in [-0.39, 0.29) is 6.42 Å². The lowest BCUT2D eigenvalue weighted by molar-refractivity contribution is -0.136. The molecule has 0 spiro atoms. The summed E-state index contributed by atoms with van der Waals surface area (Å²) >= 11 is 1.89. The van der Waals surface area contributed by atoms with Gasteiger partial charge >= 0.3 is 5.97 Å². The molecule has 0 radical (unpaired) electrons. The van der Waals surface area contributed by atoms with Crippen LogP contribution in [0.2, 0.25) is 0 Å². The highest BCUT2D eigenvalue weighted by Gasteiger charge is 2.01. The number of hydrogen-bond acceptors (Lipinski definition) is 2. The van der Waals surface area contributed by atoms with E-state index in [9.17, 15) is 4.79 Å². The molecule has 0 bridgehead atoms. The van der Waals surface area contributed by atoms with Gasteiger partial charge in [-0.25, -0.2) is 0 Å². The van der Waals surface area contributed by atoms with E-state index in [1.54, 1.807) is 0 Å². The van der Waals surface area contributed by atoms with Crippen LogP contribution in [0.15, 0.2) is 29.2 Å². The van der Waals surface area contributed by atoms with E-state index < -0.39 is 5.97 Å². The average Bonchev–Trinajstić information content (AvgIpc) is 2.71. The van der Waals surface area contributed by atoms with Crippen molar-refractivity contribution in [2.24, 2.45) is 0 Å². The molecule has 1 aromatic rings. The average molecular weight is 421 g/mol. The Morgan fingerprint density at radius 1 is 0.690 bits per heavy atom. The second kappa shape index (κ2) is 19.0. The van der Waals surface area contributed by atoms with E-state index in [0.717, 1.165) is 11.3 Å². The zero-order valence-corrected chi connectivity index (χ0v) is 19.6. The maximum atomic E-state index is 10.7. The molecule has 1 rings (SSSR count). The second-order valence-electron chi connectivity index (χ2n) is 8.37. The van der Waals surface area contributed by atoms with Gasteiger partial charge in [-0.3, -0.25) is 4.79 Å². The highest BCUT2D eigenvalue weighted by atomic mass is 32.2. The quantitative estimate of drug-likeness (QED) is 0.169. The molecule has 3 heteroatoms. The van der Waals surface area contributed by atoms with Gasteiger partial charge in [0.1, 0.15) is 0 Å². The highest BCUT2D eigenvalue weighted by Crippen LogP contribution is 2.21. The number of carboxylic acids is 1. The molecule has 0 saturated heterocycles. The van der Waals surface area contributed by atoms with Crippen LogP contribution in [0.1, 0.15) is 115 Å². The third-order valence-corrected chi connectivity index (χ3v) is 6.64. The van der Waals surface area contributed by atoms with Crippen molar-refractivity contribution in [1.29, 1.82) is 0 Å². The van der Waals surface area contributed by atoms with Crippen molar-refractivity contribution in [3.05, 3.63) is 29.8 Å². The van der Waals surface area contributed by atoms with E-state index >= 15 is 0 Å². The summed E-state index contributed by atoms with van der Waals surface area (Å²) in [6.45, 7) is 2.29. The number of unbranched alkanes of at least 4 members (excludes halogenated alkanes) is 15. The monoisotopic (exact) mass is 420 g/mol. The van der Waals surface area contributed by atoms with Gasteiger partial charge in [-0.15, -0.1) is 11.8 Å². The smallest absolute Gasteiger partial charge is 0.307 e. The Labute approximate surface area is 184 Å². The topological polar surface area (TPSA) is 37.3 Å². The molecule has 0 amide bonds. The van der Waals surface area contributed by atoms with Crippen LogP contribution in [-0.4, -0.2) is 16.8 Å². The first-order valence-corrected chi connectivity index (χ1v) is 13.1. The van der Waals surface area contributed by atoms with Gasteiger partial charge < -0.3 is 5.11 Å². The molecule has 0 aliphatic carbocycles. The summed E-state index contributed by atoms with van der Waals surface area (Å²) in [5, 5.41) is 8.80. The Morgan fingerprint density at radius 3 is 1.52 bits per heavy atom. The van der Waals surface area contributed by atoms with Crippen LogP contribution in [0.5, 0.6) is 0 Å². The zero-order valence-electron chi connectivity index (χ0n) is 18.8. The van der Waals surface area contributed by atoms with E-state index in [0.29, 0.717) is 0 Å². The van der Waals surface area contributed by atoms with Crippen LogP contribution in [0.3, 0.4) is 0 Å². The molecule has 0 fully saturated rings. The highest BCUT2D eigenvalue weighted by molar-refractivity contribution is 7.99. The number of rotatable bonds is 20. The summed E-state index contributed by atoms with van der Waals surface area (Å²) in [5.41, 5.74) is 0.879. The van der Waals surface area contributed by atoms with Gasteiger partial charge in [0, 0.05) is 4.90 Å². The van der Waals surface area contributed by atoms with Crippen LogP contribution < -0.4 is 0 Å². The van der Waals surface area contributed by atoms with E-state index in [2.05, 4.69) is 19.1 Å². The van der Waals surface area contributed by atoms with Crippen molar-refractivity contribution in [3.8, 4) is 0 Å². The normalized spacial score (nSPS) is 11.1. The first-order valence-electron chi connectivity index (χ1n) is 12.2. The lowest BCUT2D eigenvalue weighted by Gasteiger charge is -2.04. The van der Waals surface area contributed by atoms with Crippen molar-refractivity contribution in [2.45, 2.75) is 121 Å². The van der Waals surface area contributed by atoms with Gasteiger partial charge in [0.15, 0.2) is 0 Å². The Hall–Kier alpha value is -0.960. The molecule has 0 aromatic heterocycles. The molecule has 0 atom stereocenters. The molecule has 0 saturated carbocycles. The third-order valence-electron chi connectivity index (χ3n) is 5.55. The number of benzene rings is 1. The van der Waals surface area contributed by atoms with E-state index in [1.807, 2.05) is 23.9 Å². The van der Waals surface area contributed by atoms with Gasteiger partial charge in [-0.05, 0) is 29.9 Å². The Bertz CT molecular complexity index is 498. The molecule has 166 valence electrons. The van der Waals surface area contributed by atoms with Crippen LogP contribution in [0.25, 0.3) is 0 Å². The fraction of sp³-hybridized carbons (Fsp3) is 0.731. The fourth-order valence-electron chi connectivity index (χ4n) is 3.72. The first-order chi connectivity index (χ1) is 14.2. The summed E-state index contributed by atoms with van der Waals surface area (Å²) in [4.78, 5) is 11.9. The minimum atomic E-state index is -0.765. The van der Waals surface area contributed by atoms with Gasteiger partial charge in [-0.1, -0.05) is 115 Å². The molecule has 2 nitrogen and oxygen atoms in total. The van der Waals surface area contributed by atoms with E-state index in [4.69, 9.17) is 5.11 Å². The minimum Gasteiger partial charge on any atom is -0.481 e. The lowest BCUT2D eigenvalue weighted by Crippen LogP contribution is -1.99. The van der Waals surface area contributed by atoms with Crippen molar-refractivity contribution in [3.63, 3.8) is 0 Å². The number of thioether (sulfide) groups is 1. The molecule has 0 aliphatic rings. The Kier molecular flexibility index (Phi) is 17.1. The molecule has 0 aliphatic heterocycles. The largest absolute Gasteiger partial charge is 0.481 e. The number of hydrogen-bond donors (Lipinski definition) is 1. The van der Waals surface area contributed by atoms with Gasteiger partial charge in [0.25, 0.3) is 0 Å². The number of carboxylic acid groups (broad SMARTS) is 1. The van der Waals surface area contributed by atoms with Crippen LogP contribution in [0, 0.1) is 0 Å². The fourth-order valence-corrected chi connectivity index (χ4v) is 4.63. The SMILES string of the molecule is CCCCCCCCCCCCCCCCCCSc1ccc(CC(=O)O)cc1. The molecular formula is C26H44O2S. The maximum Gasteiger partial charge on any atom is 0.307 e. The van der Waals surface area contributed by atoms with Crippen LogP contribution in [0.4, 0.5) is 0 Å². The molecule has 1 aromatic carbocycles. The molecule has 29 heavy (non-hydrogen) atoms. The molecular weight excluding hydrogens is 376 g/mol. The Balaban J connectivity index is 1.80. The lowest BCUT2D eigenvalue weighted by atomic mass is 10.0. The maximum absolute atomic E-state index is 10.7. The van der Waals surface area contributed by atoms with Crippen molar-refractivity contribution >= 4 is 17.7 Å². The van der Waals surface area contributed by atoms with Crippen molar-refractivity contribution in [2.75, 3.05) is 5.75 Å². The van der Waals surface area contributed by atoms with Crippen LogP contribution in [-0.2, 0) is 11.2 Å². The predicted octanol–water partition coefficient (Wildman–Crippen LogP) is 8.67. The molecule has 1 N–H and O–H groups in total. The summed E-state index contributed by atoms with van der Waals surface area (Å²) in [6, 6.07) is 7.97. The predicted molar refractivity (Wildman–Crippen MR) is 128 cm³/mol. The zero-order chi connectivity index (χ0) is 21.0. The minimum absolute atomic E-state index is 0.115. The Morgan fingerprint density at radius 2 is 1.10 bits per heavy atom. The molecule has 0 heterocycles. The van der Waals surface area contributed by atoms with Crippen LogP contribution >= 0.6 is 11.8 Å². The second-order valence-corrected chi connectivity index (χ2v) is 9.53. The van der Waals surface area contributed by atoms with Crippen molar-refractivity contribution < 1.29 is 9.90 Å². The summed E-state index contributed by atoms with van der Waals surface area (Å²) in [6.07, 6.45) is 22.7.